The molecule has 1 heterocycles. The van der Waals surface area contributed by atoms with Crippen LogP contribution >= 0.6 is 11.8 Å². The fourth-order valence-electron chi connectivity index (χ4n) is 0.620. The lowest BCUT2D eigenvalue weighted by Gasteiger charge is -1.93. The first-order chi connectivity index (χ1) is 5.33. The molecule has 0 fully saturated rings. The Kier molecular flexibility index (Phi) is 5.94. The van der Waals surface area contributed by atoms with Crippen molar-refractivity contribution in [3.05, 3.63) is 23.9 Å². The van der Waals surface area contributed by atoms with Crippen LogP contribution in [0.4, 0.5) is 0 Å². The van der Waals surface area contributed by atoms with Gasteiger partial charge in [0.05, 0.1) is 5.03 Å². The first kappa shape index (κ1) is 10.5. The van der Waals surface area contributed by atoms with Gasteiger partial charge in [-0.2, -0.15) is 0 Å². The second-order valence-corrected chi connectivity index (χ2v) is 2.70. The number of thioether (sulfide) groups is 1. The van der Waals surface area contributed by atoms with Gasteiger partial charge in [-0.3, -0.25) is 0 Å². The predicted octanol–water partition coefficient (Wildman–Crippen LogP) is 3.14. The van der Waals surface area contributed by atoms with E-state index >= 15 is 0 Å². The molecule has 0 radical (unpaired) electrons. The minimum atomic E-state index is 1.09. The van der Waals surface area contributed by atoms with Crippen LogP contribution in [0.1, 0.15) is 19.4 Å². The number of rotatable bonds is 1. The van der Waals surface area contributed by atoms with E-state index in [1.54, 1.807) is 11.8 Å². The standard InChI is InChI=1S/C7H9NS.C2H6/c1-6-3-4-8-7(5-6)9-2;1-2/h3-5H,1-2H3;1-2H3. The van der Waals surface area contributed by atoms with E-state index in [1.807, 2.05) is 32.4 Å². The lowest BCUT2D eigenvalue weighted by molar-refractivity contribution is 1.12. The minimum absolute atomic E-state index is 1.09. The maximum absolute atomic E-state index is 4.12. The number of hydrogen-bond donors (Lipinski definition) is 0. The van der Waals surface area contributed by atoms with Crippen molar-refractivity contribution in [3.63, 3.8) is 0 Å². The van der Waals surface area contributed by atoms with Gasteiger partial charge < -0.3 is 0 Å². The molecule has 0 spiro atoms. The summed E-state index contributed by atoms with van der Waals surface area (Å²) < 4.78 is 0. The van der Waals surface area contributed by atoms with Gasteiger partial charge in [0.15, 0.2) is 0 Å². The summed E-state index contributed by atoms with van der Waals surface area (Å²) in [5.74, 6) is 0. The summed E-state index contributed by atoms with van der Waals surface area (Å²) in [5, 5.41) is 1.09. The Morgan fingerprint density at radius 2 is 2.00 bits per heavy atom. The lowest BCUT2D eigenvalue weighted by Crippen LogP contribution is -1.77. The Balaban J connectivity index is 0.000000461. The molecule has 0 atom stereocenters. The van der Waals surface area contributed by atoms with Gasteiger partial charge in [-0.1, -0.05) is 13.8 Å². The monoisotopic (exact) mass is 169 g/mol. The summed E-state index contributed by atoms with van der Waals surface area (Å²) in [5.41, 5.74) is 1.27. The molecule has 0 amide bonds. The van der Waals surface area contributed by atoms with Gasteiger partial charge in [-0.15, -0.1) is 11.8 Å². The van der Waals surface area contributed by atoms with Crippen molar-refractivity contribution < 1.29 is 0 Å². The number of hydrogen-bond acceptors (Lipinski definition) is 2. The van der Waals surface area contributed by atoms with Crippen molar-refractivity contribution in [3.8, 4) is 0 Å². The van der Waals surface area contributed by atoms with E-state index in [4.69, 9.17) is 0 Å². The molecule has 11 heavy (non-hydrogen) atoms. The van der Waals surface area contributed by atoms with Gasteiger partial charge in [0.1, 0.15) is 0 Å². The second-order valence-electron chi connectivity index (χ2n) is 1.88. The maximum Gasteiger partial charge on any atom is 0.0959 e. The first-order valence-electron chi connectivity index (χ1n) is 3.79. The summed E-state index contributed by atoms with van der Waals surface area (Å²) in [7, 11) is 0. The summed E-state index contributed by atoms with van der Waals surface area (Å²) in [6.07, 6.45) is 3.86. The molecule has 0 unspecified atom stereocenters. The second kappa shape index (κ2) is 6.23. The van der Waals surface area contributed by atoms with Gasteiger partial charge in [-0.05, 0) is 30.9 Å². The molecule has 1 nitrogen and oxygen atoms in total. The van der Waals surface area contributed by atoms with Crippen LogP contribution in [0.3, 0.4) is 0 Å². The summed E-state index contributed by atoms with van der Waals surface area (Å²) in [6.45, 7) is 6.07. The Hall–Kier alpha value is -0.500. The molecule has 0 saturated carbocycles. The topological polar surface area (TPSA) is 12.9 Å². The highest BCUT2D eigenvalue weighted by Gasteiger charge is 1.88. The Morgan fingerprint density at radius 3 is 2.36 bits per heavy atom. The molecule has 1 rings (SSSR count). The zero-order chi connectivity index (χ0) is 8.69. The highest BCUT2D eigenvalue weighted by Crippen LogP contribution is 2.10. The fourth-order valence-corrected chi connectivity index (χ4v) is 1.09. The average molecular weight is 169 g/mol. The van der Waals surface area contributed by atoms with E-state index in [2.05, 4.69) is 18.0 Å². The highest BCUT2D eigenvalue weighted by molar-refractivity contribution is 7.98. The third-order valence-corrected chi connectivity index (χ3v) is 1.74. The van der Waals surface area contributed by atoms with Crippen LogP contribution in [0.25, 0.3) is 0 Å². The zero-order valence-electron chi connectivity index (χ0n) is 7.59. The summed E-state index contributed by atoms with van der Waals surface area (Å²) >= 11 is 1.67. The molecular formula is C9H15NS. The van der Waals surface area contributed by atoms with Crippen LogP contribution in [-0.4, -0.2) is 11.2 Å². The number of pyridine rings is 1. The van der Waals surface area contributed by atoms with Crippen LogP contribution in [0, 0.1) is 6.92 Å². The summed E-state index contributed by atoms with van der Waals surface area (Å²) in [4.78, 5) is 4.12. The van der Waals surface area contributed by atoms with Gasteiger partial charge in [0.2, 0.25) is 0 Å². The largest absolute Gasteiger partial charge is 0.250 e. The van der Waals surface area contributed by atoms with Gasteiger partial charge >= 0.3 is 0 Å². The Labute approximate surface area is 73.2 Å². The molecule has 0 bridgehead atoms. The molecule has 0 saturated heterocycles. The third-order valence-electron chi connectivity index (χ3n) is 1.10. The van der Waals surface area contributed by atoms with Crippen LogP contribution in [-0.2, 0) is 0 Å². The summed E-state index contributed by atoms with van der Waals surface area (Å²) in [6, 6.07) is 4.07. The van der Waals surface area contributed by atoms with Crippen molar-refractivity contribution in [1.82, 2.24) is 4.98 Å². The van der Waals surface area contributed by atoms with E-state index in [-0.39, 0.29) is 0 Å². The molecule has 0 N–H and O–H groups in total. The van der Waals surface area contributed by atoms with Crippen molar-refractivity contribution >= 4 is 11.8 Å². The normalized spacial score (nSPS) is 8.36. The molecule has 0 aromatic carbocycles. The minimum Gasteiger partial charge on any atom is -0.250 e. The Morgan fingerprint density at radius 1 is 1.36 bits per heavy atom. The molecule has 2 heteroatoms. The zero-order valence-corrected chi connectivity index (χ0v) is 8.40. The molecule has 1 aromatic rings. The predicted molar refractivity (Wildman–Crippen MR) is 52.1 cm³/mol. The third kappa shape index (κ3) is 4.04. The van der Waals surface area contributed by atoms with Crippen molar-refractivity contribution in [2.45, 2.75) is 25.8 Å². The average Bonchev–Trinajstić information content (AvgIpc) is 2.08. The van der Waals surface area contributed by atoms with Gasteiger partial charge in [0, 0.05) is 6.20 Å². The van der Waals surface area contributed by atoms with E-state index in [9.17, 15) is 0 Å². The SMILES string of the molecule is CC.CSc1cc(C)ccn1. The fraction of sp³-hybridized carbons (Fsp3) is 0.444. The van der Waals surface area contributed by atoms with Gasteiger partial charge in [0.25, 0.3) is 0 Å². The van der Waals surface area contributed by atoms with Crippen LogP contribution < -0.4 is 0 Å². The van der Waals surface area contributed by atoms with Gasteiger partial charge in [-0.25, -0.2) is 4.98 Å². The van der Waals surface area contributed by atoms with E-state index < -0.39 is 0 Å². The molecule has 1 aromatic heterocycles. The van der Waals surface area contributed by atoms with Crippen molar-refractivity contribution in [2.75, 3.05) is 6.26 Å². The van der Waals surface area contributed by atoms with Crippen LogP contribution in [0.5, 0.6) is 0 Å². The molecular weight excluding hydrogens is 154 g/mol. The Bertz CT molecular complexity index is 199. The van der Waals surface area contributed by atoms with E-state index in [1.165, 1.54) is 5.56 Å². The number of aromatic nitrogens is 1. The van der Waals surface area contributed by atoms with Crippen LogP contribution in [0.2, 0.25) is 0 Å². The molecule has 0 aliphatic heterocycles. The lowest BCUT2D eigenvalue weighted by atomic mass is 10.3. The number of nitrogens with zero attached hydrogens (tertiary/aromatic N) is 1. The molecule has 62 valence electrons. The van der Waals surface area contributed by atoms with Crippen LogP contribution in [0.15, 0.2) is 23.4 Å². The molecule has 0 aliphatic carbocycles. The van der Waals surface area contributed by atoms with E-state index in [0.717, 1.165) is 5.03 Å². The number of aryl methyl sites for hydroxylation is 1. The first-order valence-corrected chi connectivity index (χ1v) is 5.02. The van der Waals surface area contributed by atoms with Crippen molar-refractivity contribution in [2.24, 2.45) is 0 Å². The van der Waals surface area contributed by atoms with E-state index in [0.29, 0.717) is 0 Å². The van der Waals surface area contributed by atoms with Crippen molar-refractivity contribution in [1.29, 1.82) is 0 Å². The smallest absolute Gasteiger partial charge is 0.0959 e. The quantitative estimate of drug-likeness (QED) is 0.599. The maximum atomic E-state index is 4.12. The molecule has 0 aliphatic rings. The highest BCUT2D eigenvalue weighted by atomic mass is 32.2.